The molecule has 3 aromatic rings. The minimum atomic E-state index is 0.398. The molecule has 0 spiro atoms. The molecule has 0 unspecified atom stereocenters. The van der Waals surface area contributed by atoms with Crippen LogP contribution in [0.3, 0.4) is 0 Å². The fourth-order valence-corrected chi connectivity index (χ4v) is 4.62. The van der Waals surface area contributed by atoms with E-state index >= 15 is 0 Å². The zero-order valence-electron chi connectivity index (χ0n) is 17.9. The maximum Gasteiger partial charge on any atom is 0.161 e. The number of ether oxygens (including phenoxy) is 2. The second kappa shape index (κ2) is 9.79. The van der Waals surface area contributed by atoms with Crippen molar-refractivity contribution < 1.29 is 19.3 Å². The third kappa shape index (κ3) is 4.66. The van der Waals surface area contributed by atoms with E-state index < -0.39 is 0 Å². The van der Waals surface area contributed by atoms with Gasteiger partial charge in [-0.05, 0) is 18.2 Å². The summed E-state index contributed by atoms with van der Waals surface area (Å²) in [6.45, 7) is 5.68. The highest BCUT2D eigenvalue weighted by atomic mass is 16.5. The van der Waals surface area contributed by atoms with E-state index in [2.05, 4.69) is 72.8 Å². The summed E-state index contributed by atoms with van der Waals surface area (Å²) in [5, 5.41) is 0. The second-order valence-electron chi connectivity index (χ2n) is 8.03. The van der Waals surface area contributed by atoms with Gasteiger partial charge in [0.25, 0.3) is 0 Å². The highest BCUT2D eigenvalue weighted by molar-refractivity contribution is 5.42. The highest BCUT2D eigenvalue weighted by Crippen LogP contribution is 2.27. The summed E-state index contributed by atoms with van der Waals surface area (Å²) >= 11 is 0. The van der Waals surface area contributed by atoms with Crippen molar-refractivity contribution in [3.8, 4) is 11.5 Å². The Bertz CT molecular complexity index is 883. The Morgan fingerprint density at radius 1 is 0.700 bits per heavy atom. The average molecular weight is 405 g/mol. The highest BCUT2D eigenvalue weighted by Gasteiger charge is 2.31. The van der Waals surface area contributed by atoms with Crippen LogP contribution in [-0.2, 0) is 6.54 Å². The molecule has 1 aliphatic rings. The van der Waals surface area contributed by atoms with Crippen LogP contribution in [0.15, 0.2) is 78.9 Å². The van der Waals surface area contributed by atoms with E-state index in [0.717, 1.165) is 31.1 Å². The predicted molar refractivity (Wildman–Crippen MR) is 119 cm³/mol. The van der Waals surface area contributed by atoms with Crippen LogP contribution in [-0.4, -0.2) is 40.4 Å². The van der Waals surface area contributed by atoms with Crippen LogP contribution in [0, 0.1) is 0 Å². The fourth-order valence-electron chi connectivity index (χ4n) is 4.62. The summed E-state index contributed by atoms with van der Waals surface area (Å²) in [6.07, 6.45) is 0. The Kier molecular flexibility index (Phi) is 6.67. The van der Waals surface area contributed by atoms with Crippen molar-refractivity contribution in [2.45, 2.75) is 12.6 Å². The Labute approximate surface area is 179 Å². The number of hydrogen-bond donors (Lipinski definition) is 2. The lowest BCUT2D eigenvalue weighted by Crippen LogP contribution is -3.27. The van der Waals surface area contributed by atoms with E-state index in [9.17, 15) is 0 Å². The lowest BCUT2D eigenvalue weighted by molar-refractivity contribution is -1.03. The van der Waals surface area contributed by atoms with Gasteiger partial charge in [0.1, 0.15) is 38.8 Å². The minimum Gasteiger partial charge on any atom is -0.493 e. The molecule has 4 nitrogen and oxygen atoms in total. The van der Waals surface area contributed by atoms with Crippen molar-refractivity contribution in [3.63, 3.8) is 0 Å². The molecule has 0 saturated carbocycles. The van der Waals surface area contributed by atoms with Crippen molar-refractivity contribution in [1.29, 1.82) is 0 Å². The summed E-state index contributed by atoms with van der Waals surface area (Å²) in [5.74, 6) is 1.60. The van der Waals surface area contributed by atoms with Crippen LogP contribution >= 0.6 is 0 Å². The molecular formula is C26H32N2O2+2. The first kappa shape index (κ1) is 20.5. The first-order valence-corrected chi connectivity index (χ1v) is 10.8. The minimum absolute atomic E-state index is 0.398. The molecule has 0 amide bonds. The molecule has 0 atom stereocenters. The largest absolute Gasteiger partial charge is 0.493 e. The van der Waals surface area contributed by atoms with Crippen LogP contribution in [0.5, 0.6) is 11.5 Å². The normalized spacial score (nSPS) is 18.9. The molecule has 1 heterocycles. The molecule has 156 valence electrons. The molecule has 4 rings (SSSR count). The van der Waals surface area contributed by atoms with Gasteiger partial charge in [-0.1, -0.05) is 60.7 Å². The van der Waals surface area contributed by atoms with Gasteiger partial charge in [-0.15, -0.1) is 0 Å². The summed E-state index contributed by atoms with van der Waals surface area (Å²) in [4.78, 5) is 3.29. The number of hydrogen-bond acceptors (Lipinski definition) is 2. The maximum atomic E-state index is 5.47. The number of benzene rings is 3. The van der Waals surface area contributed by atoms with Gasteiger partial charge in [0.2, 0.25) is 0 Å². The van der Waals surface area contributed by atoms with Crippen LogP contribution in [0.25, 0.3) is 0 Å². The summed E-state index contributed by atoms with van der Waals surface area (Å²) in [5.41, 5.74) is 4.11. The first-order chi connectivity index (χ1) is 14.8. The molecule has 0 bridgehead atoms. The molecule has 0 radical (unpaired) electrons. The quantitative estimate of drug-likeness (QED) is 0.628. The number of quaternary nitrogens is 2. The van der Waals surface area contributed by atoms with Gasteiger partial charge in [-0.2, -0.15) is 0 Å². The van der Waals surface area contributed by atoms with E-state index in [1.54, 1.807) is 24.0 Å². The zero-order chi connectivity index (χ0) is 20.8. The Morgan fingerprint density at radius 3 is 1.80 bits per heavy atom. The van der Waals surface area contributed by atoms with Gasteiger partial charge in [-0.3, -0.25) is 0 Å². The molecular weight excluding hydrogens is 372 g/mol. The third-order valence-corrected chi connectivity index (χ3v) is 6.18. The summed E-state index contributed by atoms with van der Waals surface area (Å²) in [7, 11) is 3.38. The zero-order valence-corrected chi connectivity index (χ0v) is 17.9. The van der Waals surface area contributed by atoms with E-state index in [0.29, 0.717) is 6.04 Å². The van der Waals surface area contributed by atoms with Gasteiger partial charge in [0.15, 0.2) is 11.5 Å². The maximum absolute atomic E-state index is 5.47. The van der Waals surface area contributed by atoms with E-state index in [1.807, 2.05) is 6.07 Å². The predicted octanol–water partition coefficient (Wildman–Crippen LogP) is 1.78. The fraction of sp³-hybridized carbons (Fsp3) is 0.308. The first-order valence-electron chi connectivity index (χ1n) is 10.8. The number of nitrogens with one attached hydrogen (secondary N) is 2. The molecule has 0 aliphatic carbocycles. The van der Waals surface area contributed by atoms with Crippen LogP contribution in [0.1, 0.15) is 22.7 Å². The molecule has 2 N–H and O–H groups in total. The van der Waals surface area contributed by atoms with Crippen molar-refractivity contribution in [3.05, 3.63) is 95.6 Å². The number of piperazine rings is 1. The second-order valence-corrected chi connectivity index (χ2v) is 8.03. The standard InChI is InChI=1S/C26H30N2O2/c1-29-24-14-13-21(19-25(24)30-2)20-27-15-17-28(18-16-27)26(22-9-5-3-6-10-22)23-11-7-4-8-12-23/h3-14,19,26H,15-18,20H2,1-2H3/p+2. The molecule has 3 aromatic carbocycles. The van der Waals surface area contributed by atoms with Gasteiger partial charge < -0.3 is 19.3 Å². The SMILES string of the molecule is COc1ccc(C[NH+]2CC[NH+](C(c3ccccc3)c3ccccc3)CC2)cc1OC. The lowest BCUT2D eigenvalue weighted by Gasteiger charge is -2.35. The number of methoxy groups -OCH3 is 2. The number of rotatable bonds is 7. The Balaban J connectivity index is 1.45. The monoisotopic (exact) mass is 404 g/mol. The van der Waals surface area contributed by atoms with E-state index in [-0.39, 0.29) is 0 Å². The van der Waals surface area contributed by atoms with E-state index in [1.165, 1.54) is 29.8 Å². The molecule has 0 aromatic heterocycles. The Morgan fingerprint density at radius 2 is 1.27 bits per heavy atom. The average Bonchev–Trinajstić information content (AvgIpc) is 2.82. The van der Waals surface area contributed by atoms with Crippen LogP contribution < -0.4 is 19.3 Å². The Hall–Kier alpha value is -2.82. The molecule has 4 heteroatoms. The summed E-state index contributed by atoms with van der Waals surface area (Å²) < 4.78 is 10.8. The van der Waals surface area contributed by atoms with Crippen molar-refractivity contribution in [2.24, 2.45) is 0 Å². The topological polar surface area (TPSA) is 27.3 Å². The van der Waals surface area contributed by atoms with Gasteiger partial charge in [0, 0.05) is 16.7 Å². The molecule has 1 fully saturated rings. The van der Waals surface area contributed by atoms with E-state index in [4.69, 9.17) is 9.47 Å². The van der Waals surface area contributed by atoms with Gasteiger partial charge >= 0.3 is 0 Å². The third-order valence-electron chi connectivity index (χ3n) is 6.18. The summed E-state index contributed by atoms with van der Waals surface area (Å²) in [6, 6.07) is 28.6. The van der Waals surface area contributed by atoms with Crippen molar-refractivity contribution >= 4 is 0 Å². The molecule has 30 heavy (non-hydrogen) atoms. The van der Waals surface area contributed by atoms with Crippen LogP contribution in [0.2, 0.25) is 0 Å². The smallest absolute Gasteiger partial charge is 0.161 e. The van der Waals surface area contributed by atoms with Crippen molar-refractivity contribution in [1.82, 2.24) is 0 Å². The van der Waals surface area contributed by atoms with Crippen molar-refractivity contribution in [2.75, 3.05) is 40.4 Å². The molecule has 1 aliphatic heterocycles. The van der Waals surface area contributed by atoms with Gasteiger partial charge in [0.05, 0.1) is 14.2 Å². The molecule has 1 saturated heterocycles. The van der Waals surface area contributed by atoms with Gasteiger partial charge in [-0.25, -0.2) is 0 Å². The van der Waals surface area contributed by atoms with Crippen LogP contribution in [0.4, 0.5) is 0 Å². The lowest BCUT2D eigenvalue weighted by atomic mass is 9.96.